The molecule has 1 aliphatic heterocycles. The fourth-order valence-electron chi connectivity index (χ4n) is 2.87. The highest BCUT2D eigenvalue weighted by Gasteiger charge is 2.41. The van der Waals surface area contributed by atoms with Gasteiger partial charge in [-0.15, -0.1) is 0 Å². The molecule has 1 unspecified atom stereocenters. The van der Waals surface area contributed by atoms with Crippen LogP contribution in [0.3, 0.4) is 0 Å². The van der Waals surface area contributed by atoms with Gasteiger partial charge in [0.25, 0.3) is 0 Å². The van der Waals surface area contributed by atoms with Crippen LogP contribution in [0.25, 0.3) is 0 Å². The number of hydrogen-bond donors (Lipinski definition) is 2. The van der Waals surface area contributed by atoms with E-state index in [2.05, 4.69) is 5.43 Å². The molecule has 1 heterocycles. The van der Waals surface area contributed by atoms with Crippen molar-refractivity contribution in [3.8, 4) is 0 Å². The molecule has 1 aliphatic rings. The third kappa shape index (κ3) is 6.25. The number of ether oxygens (including phenoxy) is 2. The summed E-state index contributed by atoms with van der Waals surface area (Å²) in [5.41, 5.74) is 2.36. The van der Waals surface area contributed by atoms with Gasteiger partial charge in [-0.25, -0.2) is 10.6 Å². The molecule has 0 saturated carbocycles. The Kier molecular flexibility index (Phi) is 6.79. The van der Waals surface area contributed by atoms with E-state index in [1.807, 2.05) is 30.3 Å². The van der Waals surface area contributed by atoms with Crippen LogP contribution in [0.5, 0.6) is 0 Å². The van der Waals surface area contributed by atoms with Gasteiger partial charge in [-0.2, -0.15) is 0 Å². The Morgan fingerprint density at radius 2 is 1.85 bits per heavy atom. The summed E-state index contributed by atoms with van der Waals surface area (Å²) in [5.74, 6) is 3.50. The number of benzene rings is 1. The number of carbonyl (C=O) groups is 3. The zero-order valence-electron chi connectivity index (χ0n) is 15.9. The zero-order valence-corrected chi connectivity index (χ0v) is 15.9. The van der Waals surface area contributed by atoms with Crippen LogP contribution in [-0.4, -0.2) is 41.6 Å². The van der Waals surface area contributed by atoms with E-state index >= 15 is 0 Å². The first-order chi connectivity index (χ1) is 12.7. The molecule has 2 rings (SSSR count). The highest BCUT2D eigenvalue weighted by Crippen LogP contribution is 2.28. The largest absolute Gasteiger partial charge is 0.460 e. The SMILES string of the molecule is CC(C)(C)OC(=O)CC(C(=O)NN)C1CN(C(=O)OCc2ccccc2)C1. The van der Waals surface area contributed by atoms with Crippen molar-refractivity contribution < 1.29 is 23.9 Å². The van der Waals surface area contributed by atoms with Crippen LogP contribution in [0, 0.1) is 11.8 Å². The van der Waals surface area contributed by atoms with E-state index in [0.717, 1.165) is 5.56 Å². The zero-order chi connectivity index (χ0) is 20.0. The molecule has 148 valence electrons. The minimum absolute atomic E-state index is 0.0854. The lowest BCUT2D eigenvalue weighted by Gasteiger charge is -2.41. The molecule has 0 bridgehead atoms. The fourth-order valence-corrected chi connectivity index (χ4v) is 2.87. The van der Waals surface area contributed by atoms with Gasteiger partial charge >= 0.3 is 12.1 Å². The minimum Gasteiger partial charge on any atom is -0.460 e. The van der Waals surface area contributed by atoms with Crippen LogP contribution in [0.1, 0.15) is 32.8 Å². The first-order valence-corrected chi connectivity index (χ1v) is 8.87. The average molecular weight is 377 g/mol. The second kappa shape index (κ2) is 8.85. The number of amides is 2. The number of nitrogens with two attached hydrogens (primary N) is 1. The maximum Gasteiger partial charge on any atom is 0.410 e. The van der Waals surface area contributed by atoms with Crippen LogP contribution >= 0.6 is 0 Å². The molecule has 1 fully saturated rings. The summed E-state index contributed by atoms with van der Waals surface area (Å²) in [6.07, 6.45) is -0.531. The number of nitrogens with one attached hydrogen (secondary N) is 1. The predicted octanol–water partition coefficient (Wildman–Crippen LogP) is 1.59. The summed E-state index contributed by atoms with van der Waals surface area (Å²) in [5, 5.41) is 0. The van der Waals surface area contributed by atoms with Crippen molar-refractivity contribution in [1.29, 1.82) is 0 Å². The number of hydrogen-bond acceptors (Lipinski definition) is 6. The maximum absolute atomic E-state index is 12.1. The summed E-state index contributed by atoms with van der Waals surface area (Å²) in [6, 6.07) is 9.37. The van der Waals surface area contributed by atoms with Crippen molar-refractivity contribution in [2.75, 3.05) is 13.1 Å². The molecule has 8 nitrogen and oxygen atoms in total. The molecule has 1 saturated heterocycles. The predicted molar refractivity (Wildman–Crippen MR) is 98.0 cm³/mol. The van der Waals surface area contributed by atoms with Gasteiger partial charge in [0.1, 0.15) is 12.2 Å². The van der Waals surface area contributed by atoms with E-state index in [1.165, 1.54) is 4.90 Å². The minimum atomic E-state index is -0.650. The smallest absolute Gasteiger partial charge is 0.410 e. The molecular formula is C19H27N3O5. The lowest BCUT2D eigenvalue weighted by atomic mass is 9.83. The third-order valence-corrected chi connectivity index (χ3v) is 4.23. The van der Waals surface area contributed by atoms with Crippen LogP contribution in [0.4, 0.5) is 4.79 Å². The Labute approximate surface area is 159 Å². The Balaban J connectivity index is 1.84. The van der Waals surface area contributed by atoms with Gasteiger partial charge in [0.05, 0.1) is 12.3 Å². The van der Waals surface area contributed by atoms with Crippen molar-refractivity contribution in [3.63, 3.8) is 0 Å². The fraction of sp³-hybridized carbons (Fsp3) is 0.526. The number of likely N-dealkylation sites (tertiary alicyclic amines) is 1. The lowest BCUT2D eigenvalue weighted by Crippen LogP contribution is -2.56. The summed E-state index contributed by atoms with van der Waals surface area (Å²) in [7, 11) is 0. The number of hydrazine groups is 1. The highest BCUT2D eigenvalue weighted by atomic mass is 16.6. The number of esters is 1. The summed E-state index contributed by atoms with van der Waals surface area (Å²) >= 11 is 0. The molecule has 2 amide bonds. The second-order valence-electron chi connectivity index (χ2n) is 7.61. The van der Waals surface area contributed by atoms with Crippen LogP contribution < -0.4 is 11.3 Å². The molecule has 0 aromatic heterocycles. The van der Waals surface area contributed by atoms with Gasteiger partial charge in [-0.05, 0) is 26.3 Å². The van der Waals surface area contributed by atoms with Crippen molar-refractivity contribution in [3.05, 3.63) is 35.9 Å². The van der Waals surface area contributed by atoms with E-state index in [1.54, 1.807) is 20.8 Å². The van der Waals surface area contributed by atoms with E-state index < -0.39 is 29.5 Å². The van der Waals surface area contributed by atoms with Crippen molar-refractivity contribution >= 4 is 18.0 Å². The summed E-state index contributed by atoms with van der Waals surface area (Å²) in [6.45, 7) is 6.12. The summed E-state index contributed by atoms with van der Waals surface area (Å²) in [4.78, 5) is 37.7. The van der Waals surface area contributed by atoms with Gasteiger partial charge in [0.15, 0.2) is 0 Å². The van der Waals surface area contributed by atoms with Gasteiger partial charge < -0.3 is 14.4 Å². The van der Waals surface area contributed by atoms with E-state index in [4.69, 9.17) is 15.3 Å². The van der Waals surface area contributed by atoms with Gasteiger partial charge in [0, 0.05) is 19.0 Å². The maximum atomic E-state index is 12.1. The molecule has 0 spiro atoms. The van der Waals surface area contributed by atoms with E-state index in [9.17, 15) is 14.4 Å². The standard InChI is InChI=1S/C19H27N3O5/c1-19(2,3)27-16(23)9-15(17(24)21-20)14-10-22(11-14)18(25)26-12-13-7-5-4-6-8-13/h4-8,14-15H,9-12,20H2,1-3H3,(H,21,24). The molecule has 3 N–H and O–H groups in total. The van der Waals surface area contributed by atoms with Crippen molar-refractivity contribution in [1.82, 2.24) is 10.3 Å². The topological polar surface area (TPSA) is 111 Å². The molecular weight excluding hydrogens is 350 g/mol. The van der Waals surface area contributed by atoms with E-state index in [-0.39, 0.29) is 18.9 Å². The number of nitrogens with zero attached hydrogens (tertiary/aromatic N) is 1. The number of carbonyl (C=O) groups excluding carboxylic acids is 3. The molecule has 0 radical (unpaired) electrons. The lowest BCUT2D eigenvalue weighted by molar-refractivity contribution is -0.159. The van der Waals surface area contributed by atoms with Crippen molar-refractivity contribution in [2.24, 2.45) is 17.7 Å². The van der Waals surface area contributed by atoms with Crippen molar-refractivity contribution in [2.45, 2.75) is 39.4 Å². The Morgan fingerprint density at radius 1 is 1.22 bits per heavy atom. The van der Waals surface area contributed by atoms with Crippen LogP contribution in [0.2, 0.25) is 0 Å². The number of rotatable bonds is 6. The molecule has 8 heteroatoms. The quantitative estimate of drug-likeness (QED) is 0.337. The summed E-state index contributed by atoms with van der Waals surface area (Å²) < 4.78 is 10.5. The molecule has 0 aliphatic carbocycles. The molecule has 1 atom stereocenters. The van der Waals surface area contributed by atoms with Crippen LogP contribution in [-0.2, 0) is 25.7 Å². The molecule has 1 aromatic carbocycles. The molecule has 1 aromatic rings. The molecule has 27 heavy (non-hydrogen) atoms. The average Bonchev–Trinajstić information content (AvgIpc) is 2.56. The second-order valence-corrected chi connectivity index (χ2v) is 7.61. The van der Waals surface area contributed by atoms with E-state index in [0.29, 0.717) is 13.1 Å². The monoisotopic (exact) mass is 377 g/mol. The Hall–Kier alpha value is -2.61. The van der Waals surface area contributed by atoms with Gasteiger partial charge in [-0.3, -0.25) is 15.0 Å². The first-order valence-electron chi connectivity index (χ1n) is 8.87. The Bertz CT molecular complexity index is 666. The normalized spacial score (nSPS) is 15.5. The highest BCUT2D eigenvalue weighted by molar-refractivity contribution is 5.84. The van der Waals surface area contributed by atoms with Gasteiger partial charge in [-0.1, -0.05) is 30.3 Å². The van der Waals surface area contributed by atoms with Crippen LogP contribution in [0.15, 0.2) is 30.3 Å². The Morgan fingerprint density at radius 3 is 2.41 bits per heavy atom. The third-order valence-electron chi connectivity index (χ3n) is 4.23. The van der Waals surface area contributed by atoms with Gasteiger partial charge in [0.2, 0.25) is 5.91 Å². The first kappa shape index (κ1) is 20.7.